The molecular weight excluding hydrogens is 230 g/mol. The van der Waals surface area contributed by atoms with E-state index in [2.05, 4.69) is 0 Å². The highest BCUT2D eigenvalue weighted by Gasteiger charge is 2.09. The molecule has 1 atom stereocenters. The monoisotopic (exact) mass is 245 g/mol. The molecule has 0 aliphatic carbocycles. The molecule has 90 valence electrons. The number of rotatable bonds is 4. The Morgan fingerprint density at radius 2 is 2.12 bits per heavy atom. The Kier molecular flexibility index (Phi) is 5.85. The van der Waals surface area contributed by atoms with Gasteiger partial charge >= 0.3 is 5.97 Å². The predicted molar refractivity (Wildman–Crippen MR) is 64.3 cm³/mol. The van der Waals surface area contributed by atoms with Crippen LogP contribution in [-0.4, -0.2) is 22.2 Å². The van der Waals surface area contributed by atoms with Gasteiger partial charge in [0.15, 0.2) is 0 Å². The van der Waals surface area contributed by atoms with Crippen molar-refractivity contribution in [1.29, 1.82) is 0 Å². The van der Waals surface area contributed by atoms with Crippen LogP contribution in [0.4, 0.5) is 0 Å². The minimum absolute atomic E-state index is 0. The predicted octanol–water partition coefficient (Wildman–Crippen LogP) is 1.79. The highest BCUT2D eigenvalue weighted by atomic mass is 35.5. The smallest absolute Gasteiger partial charge is 0.335 e. The Balaban J connectivity index is 0.00000225. The lowest BCUT2D eigenvalue weighted by Crippen LogP contribution is -2.21. The fourth-order valence-electron chi connectivity index (χ4n) is 1.30. The fraction of sp³-hybridized carbons (Fsp3) is 0.364. The molecule has 4 N–H and O–H groups in total. The Bertz CT molecular complexity index is 368. The molecule has 0 amide bonds. The van der Waals surface area contributed by atoms with E-state index in [-0.39, 0.29) is 29.8 Å². The summed E-state index contributed by atoms with van der Waals surface area (Å²) in [5.74, 6) is -1.05. The zero-order chi connectivity index (χ0) is 11.4. The van der Waals surface area contributed by atoms with E-state index in [1.807, 2.05) is 6.92 Å². The van der Waals surface area contributed by atoms with E-state index in [4.69, 9.17) is 10.8 Å². The van der Waals surface area contributed by atoms with Crippen molar-refractivity contribution in [2.75, 3.05) is 0 Å². The average Bonchev–Trinajstić information content (AvgIpc) is 2.20. The Labute approximate surface area is 100 Å². The van der Waals surface area contributed by atoms with Crippen LogP contribution in [0.2, 0.25) is 0 Å². The first-order valence-electron chi connectivity index (χ1n) is 4.85. The van der Waals surface area contributed by atoms with E-state index < -0.39 is 5.97 Å². The van der Waals surface area contributed by atoms with Crippen LogP contribution < -0.4 is 5.73 Å². The maximum atomic E-state index is 10.6. The van der Waals surface area contributed by atoms with Crippen LogP contribution >= 0.6 is 12.4 Å². The zero-order valence-corrected chi connectivity index (χ0v) is 9.83. The number of aromatic carboxylic acids is 1. The number of benzene rings is 1. The molecule has 0 saturated heterocycles. The second-order valence-electron chi connectivity index (χ2n) is 3.52. The molecule has 0 aromatic heterocycles. The van der Waals surface area contributed by atoms with E-state index in [9.17, 15) is 9.90 Å². The van der Waals surface area contributed by atoms with Crippen LogP contribution in [0.3, 0.4) is 0 Å². The SMILES string of the molecule is CCC(N)Cc1ccc(C(=O)O)cc1O.Cl. The van der Waals surface area contributed by atoms with E-state index in [0.717, 1.165) is 6.42 Å². The normalized spacial score (nSPS) is 11.6. The molecular formula is C11H16ClNO3. The Morgan fingerprint density at radius 3 is 2.56 bits per heavy atom. The molecule has 4 nitrogen and oxygen atoms in total. The Hall–Kier alpha value is -1.26. The number of carbonyl (C=O) groups is 1. The van der Waals surface area contributed by atoms with Crippen molar-refractivity contribution in [3.8, 4) is 5.75 Å². The lowest BCUT2D eigenvalue weighted by Gasteiger charge is -2.10. The first kappa shape index (κ1) is 14.7. The summed E-state index contributed by atoms with van der Waals surface area (Å²) in [5.41, 5.74) is 6.52. The second-order valence-corrected chi connectivity index (χ2v) is 3.52. The quantitative estimate of drug-likeness (QED) is 0.755. The number of carboxylic acids is 1. The van der Waals surface area contributed by atoms with E-state index in [1.54, 1.807) is 6.07 Å². The van der Waals surface area contributed by atoms with Gasteiger partial charge in [0.05, 0.1) is 5.56 Å². The van der Waals surface area contributed by atoms with Gasteiger partial charge in [-0.15, -0.1) is 12.4 Å². The summed E-state index contributed by atoms with van der Waals surface area (Å²) < 4.78 is 0. The molecule has 0 saturated carbocycles. The molecule has 0 heterocycles. The van der Waals surface area contributed by atoms with E-state index >= 15 is 0 Å². The lowest BCUT2D eigenvalue weighted by atomic mass is 10.0. The third-order valence-electron chi connectivity index (χ3n) is 2.34. The number of nitrogens with two attached hydrogens (primary N) is 1. The molecule has 0 aliphatic heterocycles. The molecule has 1 aromatic rings. The van der Waals surface area contributed by atoms with Gasteiger partial charge in [0.25, 0.3) is 0 Å². The number of phenolic OH excluding ortho intramolecular Hbond substituents is 1. The first-order chi connectivity index (χ1) is 7.04. The second kappa shape index (κ2) is 6.35. The van der Waals surface area contributed by atoms with E-state index in [0.29, 0.717) is 12.0 Å². The Morgan fingerprint density at radius 1 is 1.50 bits per heavy atom. The summed E-state index contributed by atoms with van der Waals surface area (Å²) in [4.78, 5) is 10.6. The van der Waals surface area contributed by atoms with Crippen LogP contribution in [0.1, 0.15) is 29.3 Å². The molecule has 1 rings (SSSR count). The van der Waals surface area contributed by atoms with Gasteiger partial charge in [0.1, 0.15) is 5.75 Å². The highest BCUT2D eigenvalue weighted by Crippen LogP contribution is 2.20. The van der Waals surface area contributed by atoms with Crippen molar-refractivity contribution in [2.45, 2.75) is 25.8 Å². The number of hydrogen-bond acceptors (Lipinski definition) is 3. The number of aromatic hydroxyl groups is 1. The van der Waals surface area contributed by atoms with Gasteiger partial charge in [-0.3, -0.25) is 0 Å². The molecule has 0 bridgehead atoms. The van der Waals surface area contributed by atoms with Crippen molar-refractivity contribution in [3.05, 3.63) is 29.3 Å². The first-order valence-corrected chi connectivity index (χ1v) is 4.85. The van der Waals surface area contributed by atoms with Gasteiger partial charge in [-0.05, 0) is 30.5 Å². The van der Waals surface area contributed by atoms with Crippen molar-refractivity contribution in [1.82, 2.24) is 0 Å². The number of carboxylic acid groups (broad SMARTS) is 1. The minimum Gasteiger partial charge on any atom is -0.508 e. The van der Waals surface area contributed by atoms with Gasteiger partial charge in [0.2, 0.25) is 0 Å². The number of halogens is 1. The van der Waals surface area contributed by atoms with Crippen molar-refractivity contribution in [3.63, 3.8) is 0 Å². The largest absolute Gasteiger partial charge is 0.508 e. The summed E-state index contributed by atoms with van der Waals surface area (Å²) >= 11 is 0. The zero-order valence-electron chi connectivity index (χ0n) is 9.01. The molecule has 0 spiro atoms. The van der Waals surface area contributed by atoms with Crippen LogP contribution in [0.5, 0.6) is 5.75 Å². The standard InChI is InChI=1S/C11H15NO3.ClH/c1-2-9(12)5-7-3-4-8(11(14)15)6-10(7)13;/h3-4,6,9,13H,2,5,12H2,1H3,(H,14,15);1H. The molecule has 5 heteroatoms. The summed E-state index contributed by atoms with van der Waals surface area (Å²) in [5, 5.41) is 18.3. The fourth-order valence-corrected chi connectivity index (χ4v) is 1.30. The van der Waals surface area contributed by atoms with Gasteiger partial charge in [0, 0.05) is 6.04 Å². The maximum Gasteiger partial charge on any atom is 0.335 e. The van der Waals surface area contributed by atoms with Gasteiger partial charge in [-0.1, -0.05) is 13.0 Å². The minimum atomic E-state index is -1.04. The molecule has 1 aromatic carbocycles. The lowest BCUT2D eigenvalue weighted by molar-refractivity contribution is 0.0696. The molecule has 1 unspecified atom stereocenters. The van der Waals surface area contributed by atoms with Crippen LogP contribution in [-0.2, 0) is 6.42 Å². The number of hydrogen-bond donors (Lipinski definition) is 3. The summed E-state index contributed by atoms with van der Waals surface area (Å²) in [7, 11) is 0. The number of phenols is 1. The van der Waals surface area contributed by atoms with Crippen LogP contribution in [0.15, 0.2) is 18.2 Å². The summed E-state index contributed by atoms with van der Waals surface area (Å²) in [6.07, 6.45) is 1.38. The maximum absolute atomic E-state index is 10.6. The third-order valence-corrected chi connectivity index (χ3v) is 2.34. The van der Waals surface area contributed by atoms with Crippen molar-refractivity contribution < 1.29 is 15.0 Å². The average molecular weight is 246 g/mol. The van der Waals surface area contributed by atoms with Crippen LogP contribution in [0, 0.1) is 0 Å². The van der Waals surface area contributed by atoms with Gasteiger partial charge in [-0.25, -0.2) is 4.79 Å². The van der Waals surface area contributed by atoms with E-state index in [1.165, 1.54) is 12.1 Å². The van der Waals surface area contributed by atoms with Crippen molar-refractivity contribution in [2.24, 2.45) is 5.73 Å². The third kappa shape index (κ3) is 3.72. The summed E-state index contributed by atoms with van der Waals surface area (Å²) in [6, 6.07) is 4.32. The molecule has 16 heavy (non-hydrogen) atoms. The molecule has 0 radical (unpaired) electrons. The van der Waals surface area contributed by atoms with Crippen LogP contribution in [0.25, 0.3) is 0 Å². The highest BCUT2D eigenvalue weighted by molar-refractivity contribution is 5.88. The van der Waals surface area contributed by atoms with Crippen molar-refractivity contribution >= 4 is 18.4 Å². The van der Waals surface area contributed by atoms with Gasteiger partial charge in [-0.2, -0.15) is 0 Å². The van der Waals surface area contributed by atoms with Gasteiger partial charge < -0.3 is 15.9 Å². The summed E-state index contributed by atoms with van der Waals surface area (Å²) in [6.45, 7) is 1.97. The molecule has 0 aliphatic rings. The topological polar surface area (TPSA) is 83.6 Å². The molecule has 0 fully saturated rings.